The molecule has 0 radical (unpaired) electrons. The van der Waals surface area contributed by atoms with Crippen LogP contribution in [0.15, 0.2) is 35.4 Å². The summed E-state index contributed by atoms with van der Waals surface area (Å²) in [4.78, 5) is 6.74. The third-order valence-corrected chi connectivity index (χ3v) is 1.97. The largest absolute Gasteiger partial charge is 0.246 e. The van der Waals surface area contributed by atoms with Gasteiger partial charge in [-0.05, 0) is 22.8 Å². The van der Waals surface area contributed by atoms with Crippen molar-refractivity contribution in [2.24, 2.45) is 5.11 Å². The minimum atomic E-state index is 0.216. The first-order chi connectivity index (χ1) is 7.35. The molecule has 0 atom stereocenters. The fourth-order valence-corrected chi connectivity index (χ4v) is 1.35. The van der Waals surface area contributed by atoms with Crippen LogP contribution in [0.25, 0.3) is 21.3 Å². The van der Waals surface area contributed by atoms with E-state index in [4.69, 9.17) is 10.8 Å². The van der Waals surface area contributed by atoms with Gasteiger partial charge in [0, 0.05) is 10.3 Å². The number of pyridine rings is 1. The topological polar surface area (TPSA) is 85.4 Å². The molecule has 1 aromatic heterocycles. The Morgan fingerprint density at radius 2 is 2.20 bits per heavy atom. The van der Waals surface area contributed by atoms with Gasteiger partial charge in [0.05, 0.1) is 17.1 Å². The molecule has 2 rings (SSSR count). The summed E-state index contributed by atoms with van der Waals surface area (Å²) in [5.41, 5.74) is 9.40. The van der Waals surface area contributed by atoms with Gasteiger partial charge in [-0.15, -0.1) is 0 Å². The van der Waals surface area contributed by atoms with E-state index in [1.807, 2.05) is 18.2 Å². The van der Waals surface area contributed by atoms with Gasteiger partial charge in [0.1, 0.15) is 5.82 Å². The third-order valence-electron chi connectivity index (χ3n) is 1.97. The van der Waals surface area contributed by atoms with E-state index in [1.165, 1.54) is 6.07 Å². The second kappa shape index (κ2) is 3.66. The lowest BCUT2D eigenvalue weighted by Gasteiger charge is -1.99. The summed E-state index contributed by atoms with van der Waals surface area (Å²) in [6.07, 6.45) is 0. The van der Waals surface area contributed by atoms with E-state index in [-0.39, 0.29) is 5.82 Å². The fraction of sp³-hybridized carbons (Fsp3) is 0. The number of rotatable bonds is 1. The van der Waals surface area contributed by atoms with Gasteiger partial charge in [0.2, 0.25) is 0 Å². The lowest BCUT2D eigenvalue weighted by molar-refractivity contribution is 1.30. The number of nitriles is 1. The maximum Gasteiger partial charge on any atom is 0.128 e. The van der Waals surface area contributed by atoms with E-state index in [9.17, 15) is 0 Å². The minimum absolute atomic E-state index is 0.216. The van der Waals surface area contributed by atoms with Crippen molar-refractivity contribution >= 4 is 16.7 Å². The molecule has 0 amide bonds. The number of hydrogen-bond acceptors (Lipinski definition) is 3. The first kappa shape index (κ1) is 9.00. The Bertz CT molecular complexity index is 605. The monoisotopic (exact) mass is 195 g/mol. The molecule has 15 heavy (non-hydrogen) atoms. The van der Waals surface area contributed by atoms with Gasteiger partial charge in [-0.2, -0.15) is 5.26 Å². The highest BCUT2D eigenvalue weighted by Crippen LogP contribution is 2.21. The summed E-state index contributed by atoms with van der Waals surface area (Å²) in [6, 6.07) is 10.7. The van der Waals surface area contributed by atoms with E-state index in [2.05, 4.69) is 15.0 Å². The van der Waals surface area contributed by atoms with Gasteiger partial charge < -0.3 is 0 Å². The van der Waals surface area contributed by atoms with Gasteiger partial charge in [0.25, 0.3) is 0 Å². The zero-order valence-corrected chi connectivity index (χ0v) is 7.62. The zero-order valence-electron chi connectivity index (χ0n) is 7.62. The quantitative estimate of drug-likeness (QED) is 0.397. The molecule has 0 unspecified atom stereocenters. The standard InChI is InChI=1S/C10H5N5/c11-6-7-5-10(14-15-12)13-9-4-2-1-3-8(7)9/h1-5H. The predicted octanol–water partition coefficient (Wildman–Crippen LogP) is 3.05. The smallest absolute Gasteiger partial charge is 0.128 e. The number of benzene rings is 1. The first-order valence-electron chi connectivity index (χ1n) is 4.20. The number of nitrogens with zero attached hydrogens (tertiary/aromatic N) is 5. The van der Waals surface area contributed by atoms with Crippen molar-refractivity contribution in [3.8, 4) is 6.07 Å². The highest BCUT2D eigenvalue weighted by Gasteiger charge is 2.02. The molecule has 0 fully saturated rings. The SMILES string of the molecule is N#Cc1cc(N=[N+]=[N-])nc2ccccc12. The Hall–Kier alpha value is -2.57. The molecule has 1 heterocycles. The average Bonchev–Trinajstić information content (AvgIpc) is 2.28. The van der Waals surface area contributed by atoms with E-state index in [0.29, 0.717) is 11.1 Å². The average molecular weight is 195 g/mol. The molecular weight excluding hydrogens is 190 g/mol. The molecule has 0 aliphatic rings. The van der Waals surface area contributed by atoms with Crippen LogP contribution >= 0.6 is 0 Å². The lowest BCUT2D eigenvalue weighted by atomic mass is 10.1. The molecule has 70 valence electrons. The van der Waals surface area contributed by atoms with Crippen molar-refractivity contribution in [1.82, 2.24) is 4.98 Å². The van der Waals surface area contributed by atoms with Crippen LogP contribution < -0.4 is 0 Å². The predicted molar refractivity (Wildman–Crippen MR) is 55.3 cm³/mol. The van der Waals surface area contributed by atoms with Crippen LogP contribution in [0.3, 0.4) is 0 Å². The number of hydrogen-bond donors (Lipinski definition) is 0. The van der Waals surface area contributed by atoms with E-state index in [1.54, 1.807) is 12.1 Å². The van der Waals surface area contributed by atoms with Crippen molar-refractivity contribution in [2.45, 2.75) is 0 Å². The van der Waals surface area contributed by atoms with Crippen LogP contribution in [-0.2, 0) is 0 Å². The summed E-state index contributed by atoms with van der Waals surface area (Å²) < 4.78 is 0. The summed E-state index contributed by atoms with van der Waals surface area (Å²) in [7, 11) is 0. The summed E-state index contributed by atoms with van der Waals surface area (Å²) >= 11 is 0. The molecule has 1 aromatic carbocycles. The van der Waals surface area contributed by atoms with Crippen molar-refractivity contribution in [1.29, 1.82) is 5.26 Å². The molecule has 0 N–H and O–H groups in total. The first-order valence-corrected chi connectivity index (χ1v) is 4.20. The molecule has 2 aromatic rings. The highest BCUT2D eigenvalue weighted by atomic mass is 15.2. The molecule has 5 heteroatoms. The third kappa shape index (κ3) is 1.57. The van der Waals surface area contributed by atoms with Crippen molar-refractivity contribution in [3.05, 3.63) is 46.3 Å². The van der Waals surface area contributed by atoms with E-state index < -0.39 is 0 Å². The Balaban J connectivity index is 2.84. The maximum absolute atomic E-state index is 8.92. The molecule has 0 spiro atoms. The van der Waals surface area contributed by atoms with Crippen LogP contribution in [-0.4, -0.2) is 4.98 Å². The van der Waals surface area contributed by atoms with Gasteiger partial charge in [-0.3, -0.25) is 0 Å². The van der Waals surface area contributed by atoms with Crippen molar-refractivity contribution in [2.75, 3.05) is 0 Å². The second-order valence-corrected chi connectivity index (χ2v) is 2.85. The van der Waals surface area contributed by atoms with Gasteiger partial charge in [-0.25, -0.2) is 4.98 Å². The van der Waals surface area contributed by atoms with Gasteiger partial charge in [-0.1, -0.05) is 18.2 Å². The van der Waals surface area contributed by atoms with Gasteiger partial charge in [0.15, 0.2) is 0 Å². The van der Waals surface area contributed by atoms with E-state index in [0.717, 1.165) is 5.39 Å². The van der Waals surface area contributed by atoms with Crippen LogP contribution in [0.4, 0.5) is 5.82 Å². The van der Waals surface area contributed by atoms with Crippen molar-refractivity contribution in [3.63, 3.8) is 0 Å². The number of para-hydroxylation sites is 1. The molecule has 0 aliphatic carbocycles. The minimum Gasteiger partial charge on any atom is -0.246 e. The Morgan fingerprint density at radius 1 is 1.40 bits per heavy atom. The summed E-state index contributed by atoms with van der Waals surface area (Å²) in [6.45, 7) is 0. The molecular formula is C10H5N5. The summed E-state index contributed by atoms with van der Waals surface area (Å²) in [5, 5.41) is 13.1. The molecule has 0 bridgehead atoms. The lowest BCUT2D eigenvalue weighted by Crippen LogP contribution is -1.83. The van der Waals surface area contributed by atoms with Crippen LogP contribution in [0, 0.1) is 11.3 Å². The molecule has 0 saturated heterocycles. The maximum atomic E-state index is 8.92. The number of azide groups is 1. The zero-order chi connectivity index (χ0) is 10.7. The summed E-state index contributed by atoms with van der Waals surface area (Å²) in [5.74, 6) is 0.216. The Labute approximate surface area is 85.2 Å². The number of aromatic nitrogens is 1. The molecule has 0 aliphatic heterocycles. The van der Waals surface area contributed by atoms with Crippen LogP contribution in [0.2, 0.25) is 0 Å². The second-order valence-electron chi connectivity index (χ2n) is 2.85. The van der Waals surface area contributed by atoms with Crippen molar-refractivity contribution < 1.29 is 0 Å². The van der Waals surface area contributed by atoms with Gasteiger partial charge >= 0.3 is 0 Å². The number of fused-ring (bicyclic) bond motifs is 1. The molecule has 5 nitrogen and oxygen atoms in total. The Morgan fingerprint density at radius 3 is 2.93 bits per heavy atom. The van der Waals surface area contributed by atoms with Crippen LogP contribution in [0.5, 0.6) is 0 Å². The van der Waals surface area contributed by atoms with E-state index >= 15 is 0 Å². The fourth-order valence-electron chi connectivity index (χ4n) is 1.35. The van der Waals surface area contributed by atoms with Crippen LogP contribution in [0.1, 0.15) is 5.56 Å². The molecule has 0 saturated carbocycles. The Kier molecular flexibility index (Phi) is 2.20. The highest BCUT2D eigenvalue weighted by molar-refractivity contribution is 5.85. The normalized spacial score (nSPS) is 9.27.